The summed E-state index contributed by atoms with van der Waals surface area (Å²) >= 11 is 0. The fourth-order valence-corrected chi connectivity index (χ4v) is 3.46. The normalized spacial score (nSPS) is 40.1. The molecular weight excluding hydrogens is 212 g/mol. The van der Waals surface area contributed by atoms with Gasteiger partial charge < -0.3 is 0 Å². The highest BCUT2D eigenvalue weighted by molar-refractivity contribution is 5.19. The monoisotopic (exact) mass is 236 g/mol. The van der Waals surface area contributed by atoms with Gasteiger partial charge in [-0.2, -0.15) is 0 Å². The molecular formula is C15H24O2. The minimum Gasteiger partial charge on any atom is -0.251 e. The highest BCUT2D eigenvalue weighted by Gasteiger charge is 2.61. The molecule has 0 amide bonds. The fourth-order valence-electron chi connectivity index (χ4n) is 3.46. The number of fused-ring (bicyclic) bond motifs is 1. The van der Waals surface area contributed by atoms with E-state index in [4.69, 9.17) is 10.1 Å². The second kappa shape index (κ2) is 4.58. The summed E-state index contributed by atoms with van der Waals surface area (Å²) in [6.07, 6.45) is 6.45. The zero-order chi connectivity index (χ0) is 12.6. The van der Waals surface area contributed by atoms with E-state index in [-0.39, 0.29) is 11.5 Å². The summed E-state index contributed by atoms with van der Waals surface area (Å²) in [6, 6.07) is 0. The van der Waals surface area contributed by atoms with Crippen molar-refractivity contribution < 1.29 is 10.1 Å². The van der Waals surface area contributed by atoms with Gasteiger partial charge in [-0.05, 0) is 49.5 Å². The summed E-state index contributed by atoms with van der Waals surface area (Å²) in [6.45, 7) is 10.9. The van der Waals surface area contributed by atoms with E-state index in [1.54, 1.807) is 0 Å². The predicted octanol–water partition coefficient (Wildman–Crippen LogP) is 4.19. The minimum atomic E-state index is -0.165. The van der Waals surface area contributed by atoms with Crippen molar-refractivity contribution in [2.75, 3.05) is 0 Å². The third kappa shape index (κ3) is 2.34. The topological polar surface area (TPSA) is 29.5 Å². The standard InChI is InChI=1S/C15H24O2/c1-10-6-5-7-11(2)14(17-16)13-12(9-8-10)15(13,3)4/h6,12-14,16H,2,5,7-9H2,1,3-4H3/b10-6+/t12-,13+,14+/m1/s1. The van der Waals surface area contributed by atoms with Crippen molar-refractivity contribution in [2.24, 2.45) is 17.3 Å². The lowest BCUT2D eigenvalue weighted by molar-refractivity contribution is -0.275. The van der Waals surface area contributed by atoms with Crippen molar-refractivity contribution in [1.29, 1.82) is 0 Å². The molecule has 2 rings (SSSR count). The Balaban J connectivity index is 2.18. The molecule has 0 aromatic carbocycles. The molecule has 0 saturated heterocycles. The fraction of sp³-hybridized carbons (Fsp3) is 0.733. The van der Waals surface area contributed by atoms with Gasteiger partial charge in [-0.1, -0.05) is 32.1 Å². The molecule has 0 heterocycles. The second-order valence-corrected chi connectivity index (χ2v) is 6.27. The van der Waals surface area contributed by atoms with Crippen LogP contribution in [0.25, 0.3) is 0 Å². The largest absolute Gasteiger partial charge is 0.251 e. The quantitative estimate of drug-likeness (QED) is 0.420. The maximum absolute atomic E-state index is 9.15. The molecule has 2 nitrogen and oxygen atoms in total. The molecule has 0 aromatic heterocycles. The van der Waals surface area contributed by atoms with Crippen molar-refractivity contribution in [1.82, 2.24) is 0 Å². The van der Waals surface area contributed by atoms with E-state index in [2.05, 4.69) is 33.4 Å². The first-order chi connectivity index (χ1) is 7.98. The minimum absolute atomic E-state index is 0.165. The third-order valence-electron chi connectivity index (χ3n) is 4.79. The van der Waals surface area contributed by atoms with E-state index < -0.39 is 0 Å². The first-order valence-corrected chi connectivity index (χ1v) is 6.62. The van der Waals surface area contributed by atoms with Crippen LogP contribution >= 0.6 is 0 Å². The Morgan fingerprint density at radius 2 is 2.12 bits per heavy atom. The van der Waals surface area contributed by atoms with Crippen LogP contribution in [-0.4, -0.2) is 11.4 Å². The van der Waals surface area contributed by atoms with Crippen LogP contribution in [0.1, 0.15) is 46.5 Å². The number of allylic oxidation sites excluding steroid dienone is 2. The van der Waals surface area contributed by atoms with Gasteiger partial charge in [-0.3, -0.25) is 5.26 Å². The van der Waals surface area contributed by atoms with Gasteiger partial charge in [0.15, 0.2) is 0 Å². The molecule has 0 aliphatic heterocycles. The summed E-state index contributed by atoms with van der Waals surface area (Å²) in [7, 11) is 0. The van der Waals surface area contributed by atoms with E-state index in [0.717, 1.165) is 18.4 Å². The van der Waals surface area contributed by atoms with E-state index in [9.17, 15) is 0 Å². The SMILES string of the molecule is C=C1CC/C=C(\C)CC[C@@H]2[C@@H]([C@H]1OO)C2(C)C. The highest BCUT2D eigenvalue weighted by atomic mass is 17.1. The molecule has 96 valence electrons. The lowest BCUT2D eigenvalue weighted by Gasteiger charge is -2.18. The van der Waals surface area contributed by atoms with Gasteiger partial charge in [-0.15, -0.1) is 0 Å². The maximum Gasteiger partial charge on any atom is 0.117 e. The van der Waals surface area contributed by atoms with Gasteiger partial charge in [0.1, 0.15) is 6.10 Å². The maximum atomic E-state index is 9.15. The Labute approximate surface area is 104 Å². The summed E-state index contributed by atoms with van der Waals surface area (Å²) < 4.78 is 0. The number of hydrogen-bond donors (Lipinski definition) is 1. The van der Waals surface area contributed by atoms with E-state index in [1.165, 1.54) is 18.4 Å². The van der Waals surface area contributed by atoms with Crippen molar-refractivity contribution in [3.8, 4) is 0 Å². The molecule has 0 spiro atoms. The van der Waals surface area contributed by atoms with Gasteiger partial charge in [-0.25, -0.2) is 4.89 Å². The molecule has 3 atom stereocenters. The average Bonchev–Trinajstić information content (AvgIpc) is 2.79. The number of hydrogen-bond acceptors (Lipinski definition) is 2. The predicted molar refractivity (Wildman–Crippen MR) is 69.6 cm³/mol. The molecule has 2 heteroatoms. The Bertz CT molecular complexity index is 341. The van der Waals surface area contributed by atoms with Crippen molar-refractivity contribution in [3.05, 3.63) is 23.8 Å². The first-order valence-electron chi connectivity index (χ1n) is 6.62. The summed E-state index contributed by atoms with van der Waals surface area (Å²) in [5.41, 5.74) is 2.81. The molecule has 0 radical (unpaired) electrons. The molecule has 1 N–H and O–H groups in total. The third-order valence-corrected chi connectivity index (χ3v) is 4.79. The van der Waals surface area contributed by atoms with E-state index in [1.807, 2.05) is 0 Å². The molecule has 0 aromatic rings. The van der Waals surface area contributed by atoms with Gasteiger partial charge in [0.25, 0.3) is 0 Å². The second-order valence-electron chi connectivity index (χ2n) is 6.27. The highest BCUT2D eigenvalue weighted by Crippen LogP contribution is 2.63. The molecule has 2 aliphatic carbocycles. The molecule has 1 fully saturated rings. The lowest BCUT2D eigenvalue weighted by atomic mass is 9.96. The van der Waals surface area contributed by atoms with E-state index in [0.29, 0.717) is 11.8 Å². The Morgan fingerprint density at radius 1 is 1.41 bits per heavy atom. The van der Waals surface area contributed by atoms with E-state index >= 15 is 0 Å². The van der Waals surface area contributed by atoms with Crippen LogP contribution in [0, 0.1) is 17.3 Å². The first kappa shape index (κ1) is 12.8. The Kier molecular flexibility index (Phi) is 3.46. The summed E-state index contributed by atoms with van der Waals surface area (Å²) in [5, 5.41) is 9.15. The molecule has 0 unspecified atom stereocenters. The van der Waals surface area contributed by atoms with Crippen molar-refractivity contribution >= 4 is 0 Å². The Morgan fingerprint density at radius 3 is 2.76 bits per heavy atom. The average molecular weight is 236 g/mol. The molecule has 2 aliphatic rings. The van der Waals surface area contributed by atoms with Crippen LogP contribution < -0.4 is 0 Å². The summed E-state index contributed by atoms with van der Waals surface area (Å²) in [5.74, 6) is 1.09. The van der Waals surface area contributed by atoms with Crippen LogP contribution in [0.3, 0.4) is 0 Å². The van der Waals surface area contributed by atoms with Gasteiger partial charge in [0.2, 0.25) is 0 Å². The van der Waals surface area contributed by atoms with Gasteiger partial charge >= 0.3 is 0 Å². The Hall–Kier alpha value is -0.600. The zero-order valence-electron chi connectivity index (χ0n) is 11.2. The van der Waals surface area contributed by atoms with Crippen LogP contribution in [0.4, 0.5) is 0 Å². The lowest BCUT2D eigenvalue weighted by Crippen LogP contribution is -2.19. The van der Waals surface area contributed by atoms with Crippen molar-refractivity contribution in [3.63, 3.8) is 0 Å². The van der Waals surface area contributed by atoms with Crippen LogP contribution in [0.15, 0.2) is 23.8 Å². The molecule has 1 saturated carbocycles. The molecule has 0 bridgehead atoms. The number of rotatable bonds is 1. The van der Waals surface area contributed by atoms with Gasteiger partial charge in [0.05, 0.1) is 0 Å². The summed E-state index contributed by atoms with van der Waals surface area (Å²) in [4.78, 5) is 4.73. The van der Waals surface area contributed by atoms with Gasteiger partial charge in [0, 0.05) is 5.92 Å². The smallest absolute Gasteiger partial charge is 0.117 e. The van der Waals surface area contributed by atoms with Crippen LogP contribution in [0.2, 0.25) is 0 Å². The van der Waals surface area contributed by atoms with Crippen molar-refractivity contribution in [2.45, 2.75) is 52.6 Å². The van der Waals surface area contributed by atoms with Crippen LogP contribution in [0.5, 0.6) is 0 Å². The zero-order valence-corrected chi connectivity index (χ0v) is 11.2. The molecule has 17 heavy (non-hydrogen) atoms. The van der Waals surface area contributed by atoms with Crippen LogP contribution in [-0.2, 0) is 4.89 Å².